The lowest BCUT2D eigenvalue weighted by Crippen LogP contribution is -2.39. The summed E-state index contributed by atoms with van der Waals surface area (Å²) in [6, 6.07) is 3.09. The number of sulfonamides is 1. The first-order chi connectivity index (χ1) is 9.45. The van der Waals surface area contributed by atoms with E-state index in [-0.39, 0.29) is 10.3 Å². The number of hydrogen-bond donors (Lipinski definition) is 3. The van der Waals surface area contributed by atoms with Gasteiger partial charge in [-0.1, -0.05) is 19.3 Å². The van der Waals surface area contributed by atoms with Crippen LogP contribution in [0.15, 0.2) is 23.2 Å². The summed E-state index contributed by atoms with van der Waals surface area (Å²) in [5.74, 6) is 0.649. The molecular formula is C13H22N4O2S. The SMILES string of the molecule is NCC1(CNc2ccc(S(N)(=O)=O)cn2)CCCCC1. The van der Waals surface area contributed by atoms with Crippen molar-refractivity contribution in [2.75, 3.05) is 18.4 Å². The minimum Gasteiger partial charge on any atom is -0.369 e. The quantitative estimate of drug-likeness (QED) is 0.752. The minimum absolute atomic E-state index is 0.0225. The van der Waals surface area contributed by atoms with E-state index in [9.17, 15) is 8.42 Å². The molecule has 1 heterocycles. The number of pyridine rings is 1. The summed E-state index contributed by atoms with van der Waals surface area (Å²) in [6.45, 7) is 1.43. The van der Waals surface area contributed by atoms with Crippen LogP contribution in [0.25, 0.3) is 0 Å². The molecule has 1 aliphatic carbocycles. The highest BCUT2D eigenvalue weighted by Gasteiger charge is 2.30. The summed E-state index contributed by atoms with van der Waals surface area (Å²) in [6.07, 6.45) is 7.25. The Morgan fingerprint density at radius 1 is 1.25 bits per heavy atom. The number of nitrogens with two attached hydrogens (primary N) is 2. The first-order valence-corrected chi connectivity index (χ1v) is 8.43. The number of aromatic nitrogens is 1. The smallest absolute Gasteiger partial charge is 0.239 e. The van der Waals surface area contributed by atoms with Crippen LogP contribution in [0.4, 0.5) is 5.82 Å². The molecule has 20 heavy (non-hydrogen) atoms. The summed E-state index contributed by atoms with van der Waals surface area (Å²) in [5, 5.41) is 8.29. The molecule has 1 fully saturated rings. The van der Waals surface area contributed by atoms with Crippen molar-refractivity contribution < 1.29 is 8.42 Å². The molecule has 7 heteroatoms. The van der Waals surface area contributed by atoms with Crippen molar-refractivity contribution in [3.8, 4) is 0 Å². The molecule has 1 aromatic heterocycles. The number of anilines is 1. The molecule has 0 saturated heterocycles. The van der Waals surface area contributed by atoms with Gasteiger partial charge in [0.25, 0.3) is 0 Å². The predicted octanol–water partition coefficient (Wildman–Crippen LogP) is 1.05. The molecule has 1 aliphatic rings. The Kier molecular flexibility index (Phi) is 4.62. The van der Waals surface area contributed by atoms with Gasteiger partial charge >= 0.3 is 0 Å². The zero-order valence-corrected chi connectivity index (χ0v) is 12.3. The fourth-order valence-electron chi connectivity index (χ4n) is 2.69. The van der Waals surface area contributed by atoms with Gasteiger partial charge in [-0.15, -0.1) is 0 Å². The van der Waals surface area contributed by atoms with Crippen molar-refractivity contribution >= 4 is 15.8 Å². The van der Waals surface area contributed by atoms with Crippen molar-refractivity contribution in [1.82, 2.24) is 4.98 Å². The highest BCUT2D eigenvalue weighted by atomic mass is 32.2. The van der Waals surface area contributed by atoms with E-state index in [1.54, 1.807) is 6.07 Å². The third-order valence-corrected chi connectivity index (χ3v) is 4.96. The fraction of sp³-hybridized carbons (Fsp3) is 0.615. The lowest BCUT2D eigenvalue weighted by molar-refractivity contribution is 0.215. The highest BCUT2D eigenvalue weighted by Crippen LogP contribution is 2.35. The average molecular weight is 298 g/mol. The predicted molar refractivity (Wildman–Crippen MR) is 78.7 cm³/mol. The van der Waals surface area contributed by atoms with E-state index in [4.69, 9.17) is 10.9 Å². The zero-order chi connectivity index (χ0) is 14.6. The molecule has 2 rings (SSSR count). The van der Waals surface area contributed by atoms with Crippen molar-refractivity contribution in [1.29, 1.82) is 0 Å². The number of rotatable bonds is 5. The van der Waals surface area contributed by atoms with Gasteiger partial charge in [-0.05, 0) is 36.9 Å². The van der Waals surface area contributed by atoms with E-state index in [1.807, 2.05) is 0 Å². The van der Waals surface area contributed by atoms with Crippen LogP contribution in [0.5, 0.6) is 0 Å². The lowest BCUT2D eigenvalue weighted by Gasteiger charge is -2.36. The molecule has 6 nitrogen and oxygen atoms in total. The Labute approximate surface area is 120 Å². The van der Waals surface area contributed by atoms with E-state index in [0.29, 0.717) is 12.4 Å². The first kappa shape index (κ1) is 15.2. The van der Waals surface area contributed by atoms with Crippen molar-refractivity contribution in [3.05, 3.63) is 18.3 Å². The summed E-state index contributed by atoms with van der Waals surface area (Å²) >= 11 is 0. The van der Waals surface area contributed by atoms with Crippen molar-refractivity contribution in [3.63, 3.8) is 0 Å². The molecule has 0 aromatic carbocycles. The van der Waals surface area contributed by atoms with Gasteiger partial charge < -0.3 is 11.1 Å². The molecule has 0 atom stereocenters. The van der Waals surface area contributed by atoms with Gasteiger partial charge in [-0.3, -0.25) is 0 Å². The maximum atomic E-state index is 11.1. The number of hydrogen-bond acceptors (Lipinski definition) is 5. The second-order valence-corrected chi connectivity index (χ2v) is 7.10. The van der Waals surface area contributed by atoms with Crippen LogP contribution < -0.4 is 16.2 Å². The molecule has 0 radical (unpaired) electrons. The van der Waals surface area contributed by atoms with Gasteiger partial charge in [0.05, 0.1) is 0 Å². The third-order valence-electron chi connectivity index (χ3n) is 4.06. The molecule has 0 unspecified atom stereocenters. The maximum Gasteiger partial charge on any atom is 0.239 e. The Bertz CT molecular complexity index is 536. The molecule has 0 bridgehead atoms. The Hall–Kier alpha value is -1.18. The van der Waals surface area contributed by atoms with Crippen LogP contribution in [0, 0.1) is 5.41 Å². The molecule has 1 aromatic rings. The molecule has 112 valence electrons. The van der Waals surface area contributed by atoms with Crippen LogP contribution in [0.1, 0.15) is 32.1 Å². The number of primary sulfonamides is 1. The largest absolute Gasteiger partial charge is 0.369 e. The van der Waals surface area contributed by atoms with Crippen LogP contribution in [0.3, 0.4) is 0 Å². The van der Waals surface area contributed by atoms with Gasteiger partial charge in [0.1, 0.15) is 10.7 Å². The summed E-state index contributed by atoms with van der Waals surface area (Å²) in [4.78, 5) is 4.11. The summed E-state index contributed by atoms with van der Waals surface area (Å²) in [5.41, 5.74) is 6.06. The summed E-state index contributed by atoms with van der Waals surface area (Å²) in [7, 11) is -3.68. The second-order valence-electron chi connectivity index (χ2n) is 5.54. The van der Waals surface area contributed by atoms with Gasteiger partial charge in [0.2, 0.25) is 10.0 Å². The zero-order valence-electron chi connectivity index (χ0n) is 11.5. The summed E-state index contributed by atoms with van der Waals surface area (Å²) < 4.78 is 22.3. The lowest BCUT2D eigenvalue weighted by atomic mass is 9.74. The molecule has 1 saturated carbocycles. The topological polar surface area (TPSA) is 111 Å². The van der Waals surface area contributed by atoms with Crippen LogP contribution in [-0.4, -0.2) is 26.5 Å². The van der Waals surface area contributed by atoms with Gasteiger partial charge in [0.15, 0.2) is 0 Å². The third kappa shape index (κ3) is 3.68. The van der Waals surface area contributed by atoms with Gasteiger partial charge in [-0.25, -0.2) is 18.5 Å². The molecule has 0 amide bonds. The minimum atomic E-state index is -3.68. The maximum absolute atomic E-state index is 11.1. The molecule has 0 spiro atoms. The molecule has 0 aliphatic heterocycles. The fourth-order valence-corrected chi connectivity index (χ4v) is 3.14. The Morgan fingerprint density at radius 3 is 2.45 bits per heavy atom. The Balaban J connectivity index is 2.00. The van der Waals surface area contributed by atoms with Crippen LogP contribution in [0.2, 0.25) is 0 Å². The van der Waals surface area contributed by atoms with Crippen molar-refractivity contribution in [2.24, 2.45) is 16.3 Å². The monoisotopic (exact) mass is 298 g/mol. The number of nitrogens with one attached hydrogen (secondary N) is 1. The molecular weight excluding hydrogens is 276 g/mol. The van der Waals surface area contributed by atoms with E-state index in [2.05, 4.69) is 10.3 Å². The van der Waals surface area contributed by atoms with Gasteiger partial charge in [0, 0.05) is 12.7 Å². The number of nitrogens with zero attached hydrogens (tertiary/aromatic N) is 1. The highest BCUT2D eigenvalue weighted by molar-refractivity contribution is 7.89. The van der Waals surface area contributed by atoms with E-state index in [1.165, 1.54) is 31.5 Å². The van der Waals surface area contributed by atoms with Crippen molar-refractivity contribution in [2.45, 2.75) is 37.0 Å². The van der Waals surface area contributed by atoms with E-state index < -0.39 is 10.0 Å². The van der Waals surface area contributed by atoms with Crippen LogP contribution >= 0.6 is 0 Å². The van der Waals surface area contributed by atoms with E-state index in [0.717, 1.165) is 19.4 Å². The second kappa shape index (κ2) is 6.07. The standard InChI is InChI=1S/C13H22N4O2S/c14-9-13(6-2-1-3-7-13)10-17-12-5-4-11(8-16-12)20(15,18)19/h4-5,8H,1-3,6-7,9-10,14H2,(H,16,17)(H2,15,18,19). The first-order valence-electron chi connectivity index (χ1n) is 6.88. The molecule has 5 N–H and O–H groups in total. The van der Waals surface area contributed by atoms with Crippen LogP contribution in [-0.2, 0) is 10.0 Å². The van der Waals surface area contributed by atoms with E-state index >= 15 is 0 Å². The normalized spacial score (nSPS) is 18.7. The Morgan fingerprint density at radius 2 is 1.95 bits per heavy atom. The average Bonchev–Trinajstić information content (AvgIpc) is 2.46. The van der Waals surface area contributed by atoms with Gasteiger partial charge in [-0.2, -0.15) is 0 Å².